The van der Waals surface area contributed by atoms with Crippen LogP contribution in [0.2, 0.25) is 26.2 Å². The Labute approximate surface area is 142 Å². The van der Waals surface area contributed by atoms with Crippen molar-refractivity contribution in [2.45, 2.75) is 26.2 Å². The maximum Gasteiger partial charge on any atom is 0.226 e. The molecule has 10 heteroatoms. The minimum atomic E-state index is -1.58. The Morgan fingerprint density at radius 1 is 0.810 bits per heavy atom. The molecule has 1 heterocycles. The molecule has 122 valence electrons. The molecule has 0 aliphatic carbocycles. The van der Waals surface area contributed by atoms with Gasteiger partial charge in [0.2, 0.25) is 17.8 Å². The van der Waals surface area contributed by atoms with E-state index in [0.29, 0.717) is 0 Å². The van der Waals surface area contributed by atoms with Crippen LogP contribution in [0.4, 0.5) is 17.8 Å². The summed E-state index contributed by atoms with van der Waals surface area (Å²) >= 11 is 0. The van der Waals surface area contributed by atoms with Gasteiger partial charge in [-0.3, -0.25) is 0 Å². The fraction of sp³-hybridized carbons (Fsp3) is 0.364. The summed E-state index contributed by atoms with van der Waals surface area (Å²) in [5, 5.41) is 0. The van der Waals surface area contributed by atoms with E-state index in [1.54, 1.807) is 0 Å². The van der Waals surface area contributed by atoms with Crippen molar-refractivity contribution in [1.82, 2.24) is 15.0 Å². The Kier molecular flexibility index (Phi) is 9.63. The summed E-state index contributed by atoms with van der Waals surface area (Å²) < 4.78 is 5.97. The van der Waals surface area contributed by atoms with Gasteiger partial charge in [0.25, 0.3) is 0 Å². The van der Waals surface area contributed by atoms with Crippen molar-refractivity contribution in [1.29, 1.82) is 0 Å². The summed E-state index contributed by atoms with van der Waals surface area (Å²) in [4.78, 5) is 10.5. The summed E-state index contributed by atoms with van der Waals surface area (Å²) in [6, 6.07) is 0. The van der Waals surface area contributed by atoms with Gasteiger partial charge in [-0.25, -0.2) is 0 Å². The molecule has 0 unspecified atom stereocenters. The summed E-state index contributed by atoms with van der Waals surface area (Å²) in [6.07, 6.45) is 0. The fourth-order valence-corrected chi connectivity index (χ4v) is 7.28. The van der Waals surface area contributed by atoms with Crippen molar-refractivity contribution in [3.05, 3.63) is 24.6 Å². The van der Waals surface area contributed by atoms with Crippen LogP contribution in [-0.2, 0) is 25.2 Å². The normalized spacial score (nSPS) is 10.7. The molecule has 6 N–H and O–H groups in total. The van der Waals surface area contributed by atoms with Gasteiger partial charge < -0.3 is 21.3 Å². The Morgan fingerprint density at radius 3 is 1.24 bits per heavy atom. The number of nitrogens with zero attached hydrogens (tertiary/aromatic N) is 3. The van der Waals surface area contributed by atoms with Crippen LogP contribution < -0.4 is 17.2 Å². The molecule has 1 aromatic heterocycles. The van der Waals surface area contributed by atoms with Crippen molar-refractivity contribution in [2.24, 2.45) is 0 Å². The maximum absolute atomic E-state index is 5.97. The van der Waals surface area contributed by atoms with Crippen molar-refractivity contribution >= 4 is 34.5 Å². The van der Waals surface area contributed by atoms with E-state index >= 15 is 0 Å². The summed E-state index contributed by atoms with van der Waals surface area (Å²) in [5.41, 5.74) is 19.3. The topological polar surface area (TPSA) is 126 Å². The average Bonchev–Trinajstić information content (AvgIpc) is 2.26. The van der Waals surface area contributed by atoms with Crippen LogP contribution in [0.5, 0.6) is 0 Å². The SMILES string of the molecule is C=C[Si](C)(C)O[Si](C)(C)C=C.Nc1nc(N)nc(N)n1.[Pt]. The number of rotatable bonds is 4. The van der Waals surface area contributed by atoms with Gasteiger partial charge in [-0.15, -0.1) is 13.2 Å². The molecule has 0 amide bonds. The second-order valence-corrected chi connectivity index (χ2v) is 13.2. The third kappa shape index (κ3) is 10.4. The van der Waals surface area contributed by atoms with Crippen molar-refractivity contribution < 1.29 is 25.2 Å². The second-order valence-electron chi connectivity index (χ2n) is 5.13. The van der Waals surface area contributed by atoms with Crippen LogP contribution in [-0.4, -0.2) is 31.6 Å². The predicted octanol–water partition coefficient (Wildman–Crippen LogP) is 1.48. The van der Waals surface area contributed by atoms with Crippen LogP contribution in [0.3, 0.4) is 0 Å². The van der Waals surface area contributed by atoms with E-state index in [1.165, 1.54) is 0 Å². The molecule has 0 fully saturated rings. The summed E-state index contributed by atoms with van der Waals surface area (Å²) in [6.45, 7) is 16.2. The molecule has 0 bridgehead atoms. The standard InChI is InChI=1S/C8H18OSi2.C3H6N6.Pt/c1-7-10(3,4)9-11(5,6)8-2;4-1-7-2(5)9-3(6)8-1;/h7-8H,1-2H2,3-6H3;(H6,4,5,6,7,8,9);. The molecule has 0 aliphatic rings. The Bertz CT molecular complexity index is 415. The molecule has 0 atom stereocenters. The maximum atomic E-state index is 5.97. The molecule has 0 spiro atoms. The van der Waals surface area contributed by atoms with E-state index in [4.69, 9.17) is 21.3 Å². The van der Waals surface area contributed by atoms with Gasteiger partial charge in [0.1, 0.15) is 0 Å². The first-order valence-corrected chi connectivity index (χ1v) is 12.0. The minimum absolute atomic E-state index is 0. The van der Waals surface area contributed by atoms with Crippen molar-refractivity contribution in [3.63, 3.8) is 0 Å². The first kappa shape index (κ1) is 22.3. The third-order valence-corrected chi connectivity index (χ3v) is 8.37. The van der Waals surface area contributed by atoms with E-state index in [1.807, 2.05) is 11.4 Å². The van der Waals surface area contributed by atoms with Gasteiger partial charge in [-0.1, -0.05) is 11.4 Å². The Hall–Kier alpha value is -1.03. The van der Waals surface area contributed by atoms with E-state index in [9.17, 15) is 0 Å². The first-order valence-electron chi connectivity index (χ1n) is 6.01. The first-order chi connectivity index (χ1) is 9.01. The van der Waals surface area contributed by atoms with E-state index < -0.39 is 16.6 Å². The predicted molar refractivity (Wildman–Crippen MR) is 89.5 cm³/mol. The number of nitrogens with two attached hydrogens (primary N) is 3. The molecule has 0 radical (unpaired) electrons. The van der Waals surface area contributed by atoms with Crippen LogP contribution in [0.1, 0.15) is 0 Å². The quantitative estimate of drug-likeness (QED) is 0.527. The van der Waals surface area contributed by atoms with Gasteiger partial charge in [-0.05, 0) is 26.2 Å². The molecular weight excluding hydrogens is 483 g/mol. The Balaban J connectivity index is 0. The van der Waals surface area contributed by atoms with Gasteiger partial charge in [0, 0.05) is 21.1 Å². The van der Waals surface area contributed by atoms with E-state index in [0.717, 1.165) is 0 Å². The Morgan fingerprint density at radius 2 is 1.05 bits per heavy atom. The number of nitrogen functional groups attached to an aromatic ring is 3. The van der Waals surface area contributed by atoms with Gasteiger partial charge in [0.05, 0.1) is 0 Å². The fourth-order valence-electron chi connectivity index (χ4n) is 1.19. The molecular formula is C11H24N6OPtSi2. The van der Waals surface area contributed by atoms with E-state index in [2.05, 4.69) is 54.3 Å². The van der Waals surface area contributed by atoms with Gasteiger partial charge >= 0.3 is 0 Å². The van der Waals surface area contributed by atoms with E-state index in [-0.39, 0.29) is 38.9 Å². The monoisotopic (exact) mass is 507 g/mol. The van der Waals surface area contributed by atoms with Gasteiger partial charge in [-0.2, -0.15) is 15.0 Å². The molecule has 1 aromatic rings. The summed E-state index contributed by atoms with van der Waals surface area (Å²) in [5.74, 6) is 0.125. The minimum Gasteiger partial charge on any atom is -0.449 e. The number of anilines is 3. The second kappa shape index (κ2) is 9.08. The largest absolute Gasteiger partial charge is 0.449 e. The zero-order chi connectivity index (χ0) is 16.0. The summed E-state index contributed by atoms with van der Waals surface area (Å²) in [7, 11) is -3.16. The third-order valence-electron chi connectivity index (χ3n) is 2.20. The van der Waals surface area contributed by atoms with Crippen molar-refractivity contribution in [3.8, 4) is 0 Å². The molecule has 0 saturated carbocycles. The van der Waals surface area contributed by atoms with Gasteiger partial charge in [0.15, 0.2) is 16.6 Å². The van der Waals surface area contributed by atoms with Crippen molar-refractivity contribution in [2.75, 3.05) is 17.2 Å². The number of hydrogen-bond donors (Lipinski definition) is 3. The smallest absolute Gasteiger partial charge is 0.226 e. The number of aromatic nitrogens is 3. The molecule has 7 nitrogen and oxygen atoms in total. The molecule has 1 rings (SSSR count). The zero-order valence-corrected chi connectivity index (χ0v) is 17.1. The number of hydrogen-bond acceptors (Lipinski definition) is 7. The van der Waals surface area contributed by atoms with Crippen LogP contribution >= 0.6 is 0 Å². The van der Waals surface area contributed by atoms with Crippen LogP contribution in [0.25, 0.3) is 0 Å². The molecule has 0 aromatic carbocycles. The molecule has 0 saturated heterocycles. The molecule has 0 aliphatic heterocycles. The van der Waals surface area contributed by atoms with Crippen LogP contribution in [0.15, 0.2) is 24.6 Å². The zero-order valence-electron chi connectivity index (χ0n) is 12.9. The molecule has 21 heavy (non-hydrogen) atoms. The van der Waals surface area contributed by atoms with Crippen LogP contribution in [0, 0.1) is 0 Å². The average molecular weight is 508 g/mol.